The first kappa shape index (κ1) is 14.2. The molecule has 0 N–H and O–H groups in total. The van der Waals surface area contributed by atoms with Crippen molar-refractivity contribution in [1.82, 2.24) is 4.90 Å². The number of nitro benzene ring substituents is 1. The van der Waals surface area contributed by atoms with Gasteiger partial charge in [0.25, 0.3) is 5.69 Å². The topological polar surface area (TPSA) is 87.2 Å². The number of carbonyl (C=O) groups excluding carboxylic acids is 1. The molecule has 0 aliphatic heterocycles. The van der Waals surface area contributed by atoms with Gasteiger partial charge in [-0.15, -0.1) is 0 Å². The number of ketones is 1. The maximum absolute atomic E-state index is 12.2. The van der Waals surface area contributed by atoms with E-state index in [-0.39, 0.29) is 18.0 Å². The first-order chi connectivity index (χ1) is 9.61. The summed E-state index contributed by atoms with van der Waals surface area (Å²) in [5, 5.41) is 19.3. The number of nitro groups is 1. The van der Waals surface area contributed by atoms with Crippen molar-refractivity contribution in [1.29, 1.82) is 5.26 Å². The molecule has 0 atom stereocenters. The van der Waals surface area contributed by atoms with Gasteiger partial charge in [0, 0.05) is 36.7 Å². The van der Waals surface area contributed by atoms with E-state index < -0.39 is 4.92 Å². The molecule has 0 spiro atoms. The Hall–Kier alpha value is -2.26. The SMILES string of the molecule is N#CCCN(CC(=O)c1cccc([N+](=O)[O-])c1)C1CC1. The fourth-order valence-corrected chi connectivity index (χ4v) is 2.09. The summed E-state index contributed by atoms with van der Waals surface area (Å²) < 4.78 is 0. The number of carbonyl (C=O) groups is 1. The molecule has 1 fully saturated rings. The van der Waals surface area contributed by atoms with E-state index in [0.29, 0.717) is 24.6 Å². The van der Waals surface area contributed by atoms with E-state index in [1.54, 1.807) is 6.07 Å². The van der Waals surface area contributed by atoms with Crippen LogP contribution in [0, 0.1) is 21.4 Å². The van der Waals surface area contributed by atoms with Gasteiger partial charge in [-0.3, -0.25) is 19.8 Å². The Labute approximate surface area is 116 Å². The highest BCUT2D eigenvalue weighted by Crippen LogP contribution is 2.27. The minimum atomic E-state index is -0.509. The molecule has 1 aromatic rings. The number of non-ortho nitro benzene ring substituents is 1. The van der Waals surface area contributed by atoms with E-state index in [0.717, 1.165) is 12.8 Å². The highest BCUT2D eigenvalue weighted by Gasteiger charge is 2.30. The summed E-state index contributed by atoms with van der Waals surface area (Å²) in [6.45, 7) is 0.787. The maximum atomic E-state index is 12.2. The summed E-state index contributed by atoms with van der Waals surface area (Å²) in [5.41, 5.74) is 0.271. The van der Waals surface area contributed by atoms with Crippen LogP contribution < -0.4 is 0 Å². The van der Waals surface area contributed by atoms with Gasteiger partial charge in [-0.05, 0) is 12.8 Å². The summed E-state index contributed by atoms with van der Waals surface area (Å²) >= 11 is 0. The quantitative estimate of drug-likeness (QED) is 0.431. The molecule has 0 aromatic heterocycles. The van der Waals surface area contributed by atoms with Crippen molar-refractivity contribution in [2.75, 3.05) is 13.1 Å². The third-order valence-electron chi connectivity index (χ3n) is 3.30. The van der Waals surface area contributed by atoms with Gasteiger partial charge in [0.2, 0.25) is 0 Å². The number of nitriles is 1. The lowest BCUT2D eigenvalue weighted by Gasteiger charge is -2.19. The first-order valence-corrected chi connectivity index (χ1v) is 6.50. The monoisotopic (exact) mass is 273 g/mol. The van der Waals surface area contributed by atoms with Crippen LogP contribution in [-0.4, -0.2) is 34.7 Å². The molecule has 1 aliphatic carbocycles. The average molecular weight is 273 g/mol. The summed E-state index contributed by atoms with van der Waals surface area (Å²) in [7, 11) is 0. The zero-order valence-electron chi connectivity index (χ0n) is 11.0. The molecule has 0 bridgehead atoms. The predicted molar refractivity (Wildman–Crippen MR) is 72.3 cm³/mol. The molecule has 0 unspecified atom stereocenters. The zero-order valence-corrected chi connectivity index (χ0v) is 11.0. The number of benzene rings is 1. The van der Waals surface area contributed by atoms with E-state index in [9.17, 15) is 14.9 Å². The molecule has 104 valence electrons. The summed E-state index contributed by atoms with van der Waals surface area (Å²) in [5.74, 6) is -0.140. The summed E-state index contributed by atoms with van der Waals surface area (Å²) in [6, 6.07) is 8.23. The number of hydrogen-bond acceptors (Lipinski definition) is 5. The van der Waals surface area contributed by atoms with Gasteiger partial charge in [0.15, 0.2) is 5.78 Å². The van der Waals surface area contributed by atoms with Gasteiger partial charge >= 0.3 is 0 Å². The first-order valence-electron chi connectivity index (χ1n) is 6.50. The van der Waals surface area contributed by atoms with Crippen LogP contribution in [0.4, 0.5) is 5.69 Å². The highest BCUT2D eigenvalue weighted by atomic mass is 16.6. The van der Waals surface area contributed by atoms with Crippen molar-refractivity contribution < 1.29 is 9.72 Å². The molecular formula is C14H15N3O3. The largest absolute Gasteiger partial charge is 0.293 e. The van der Waals surface area contributed by atoms with E-state index in [4.69, 9.17) is 5.26 Å². The molecule has 6 heteroatoms. The van der Waals surface area contributed by atoms with Gasteiger partial charge in [-0.1, -0.05) is 12.1 Å². The van der Waals surface area contributed by atoms with Crippen molar-refractivity contribution >= 4 is 11.5 Å². The fraction of sp³-hybridized carbons (Fsp3) is 0.429. The molecule has 0 amide bonds. The molecule has 2 rings (SSSR count). The molecule has 0 radical (unpaired) electrons. The van der Waals surface area contributed by atoms with Crippen molar-refractivity contribution in [2.24, 2.45) is 0 Å². The van der Waals surface area contributed by atoms with Gasteiger partial charge in [0.1, 0.15) is 0 Å². The van der Waals surface area contributed by atoms with Crippen LogP contribution in [0.3, 0.4) is 0 Å². The van der Waals surface area contributed by atoms with Crippen LogP contribution in [0.15, 0.2) is 24.3 Å². The fourth-order valence-electron chi connectivity index (χ4n) is 2.09. The van der Waals surface area contributed by atoms with Gasteiger partial charge in [-0.25, -0.2) is 0 Å². The van der Waals surface area contributed by atoms with Gasteiger partial charge in [-0.2, -0.15) is 5.26 Å². The van der Waals surface area contributed by atoms with E-state index in [1.165, 1.54) is 18.2 Å². The van der Waals surface area contributed by atoms with Crippen molar-refractivity contribution in [3.63, 3.8) is 0 Å². The predicted octanol–water partition coefficient (Wildman–Crippen LogP) is 2.16. The maximum Gasteiger partial charge on any atom is 0.270 e. The van der Waals surface area contributed by atoms with E-state index in [2.05, 4.69) is 6.07 Å². The third kappa shape index (κ3) is 3.62. The van der Waals surface area contributed by atoms with Crippen LogP contribution in [0.25, 0.3) is 0 Å². The molecule has 0 heterocycles. The Kier molecular flexibility index (Phi) is 4.43. The van der Waals surface area contributed by atoms with Crippen LogP contribution in [0.2, 0.25) is 0 Å². The molecule has 1 saturated carbocycles. The smallest absolute Gasteiger partial charge is 0.270 e. The van der Waals surface area contributed by atoms with Gasteiger partial charge in [0.05, 0.1) is 17.5 Å². The Balaban J connectivity index is 2.04. The van der Waals surface area contributed by atoms with Crippen molar-refractivity contribution in [3.8, 4) is 6.07 Å². The van der Waals surface area contributed by atoms with Crippen LogP contribution in [0.1, 0.15) is 29.6 Å². The normalized spacial score (nSPS) is 14.0. The van der Waals surface area contributed by atoms with E-state index >= 15 is 0 Å². The molecule has 1 aromatic carbocycles. The minimum Gasteiger partial charge on any atom is -0.293 e. The summed E-state index contributed by atoms with van der Waals surface area (Å²) in [4.78, 5) is 24.4. The lowest BCUT2D eigenvalue weighted by atomic mass is 10.1. The standard InChI is InChI=1S/C14H15N3O3/c15-7-2-8-16(12-5-6-12)10-14(18)11-3-1-4-13(9-11)17(19)20/h1,3-4,9,12H,2,5-6,8,10H2. The molecule has 20 heavy (non-hydrogen) atoms. The lowest BCUT2D eigenvalue weighted by Crippen LogP contribution is -2.32. The number of Topliss-reactive ketones (excluding diaryl/α,β-unsaturated/α-hetero) is 1. The zero-order chi connectivity index (χ0) is 14.5. The highest BCUT2D eigenvalue weighted by molar-refractivity contribution is 5.98. The second kappa shape index (κ2) is 6.26. The van der Waals surface area contributed by atoms with Crippen LogP contribution in [-0.2, 0) is 0 Å². The second-order valence-electron chi connectivity index (χ2n) is 4.84. The van der Waals surface area contributed by atoms with Crippen LogP contribution in [0.5, 0.6) is 0 Å². The molecule has 1 aliphatic rings. The van der Waals surface area contributed by atoms with Crippen molar-refractivity contribution in [3.05, 3.63) is 39.9 Å². The summed E-state index contributed by atoms with van der Waals surface area (Å²) in [6.07, 6.45) is 2.49. The lowest BCUT2D eigenvalue weighted by molar-refractivity contribution is -0.384. The molecular weight excluding hydrogens is 258 g/mol. The molecule has 0 saturated heterocycles. The second-order valence-corrected chi connectivity index (χ2v) is 4.84. The van der Waals surface area contributed by atoms with Crippen LogP contribution >= 0.6 is 0 Å². The minimum absolute atomic E-state index is 0.0779. The number of rotatable bonds is 7. The Bertz CT molecular complexity index is 561. The number of hydrogen-bond donors (Lipinski definition) is 0. The Morgan fingerprint density at radius 2 is 2.25 bits per heavy atom. The average Bonchev–Trinajstić information content (AvgIpc) is 3.27. The Morgan fingerprint density at radius 1 is 1.50 bits per heavy atom. The molecule has 6 nitrogen and oxygen atoms in total. The van der Waals surface area contributed by atoms with Gasteiger partial charge < -0.3 is 0 Å². The number of nitrogens with zero attached hydrogens (tertiary/aromatic N) is 3. The Morgan fingerprint density at radius 3 is 2.85 bits per heavy atom. The van der Waals surface area contributed by atoms with E-state index in [1.807, 2.05) is 4.90 Å². The van der Waals surface area contributed by atoms with Crippen molar-refractivity contribution in [2.45, 2.75) is 25.3 Å². The third-order valence-corrected chi connectivity index (χ3v) is 3.30.